The van der Waals surface area contributed by atoms with Gasteiger partial charge in [-0.1, -0.05) is 20.8 Å². The summed E-state index contributed by atoms with van der Waals surface area (Å²) in [5.74, 6) is 0.0967. The maximum absolute atomic E-state index is 12.0. The monoisotopic (exact) mass is 320 g/mol. The second kappa shape index (κ2) is 5.54. The highest BCUT2D eigenvalue weighted by Crippen LogP contribution is 2.33. The van der Waals surface area contributed by atoms with E-state index in [4.69, 9.17) is 0 Å². The average Bonchev–Trinajstić information content (AvgIpc) is 3.01. The van der Waals surface area contributed by atoms with Crippen molar-refractivity contribution in [1.29, 1.82) is 0 Å². The fourth-order valence-electron chi connectivity index (χ4n) is 3.54. The van der Waals surface area contributed by atoms with Crippen LogP contribution in [0, 0.1) is 5.41 Å². The van der Waals surface area contributed by atoms with Crippen LogP contribution in [0.1, 0.15) is 45.7 Å². The zero-order valence-electron chi connectivity index (χ0n) is 13.9. The molecule has 2 aliphatic heterocycles. The highest BCUT2D eigenvalue weighted by molar-refractivity contribution is 5.95. The SMILES string of the molecule is CC(C)(C)C[C@H]1Cn2ncc(N3CCCC3=O)c2CN1C(=O)O. The Morgan fingerprint density at radius 2 is 2.17 bits per heavy atom. The molecule has 1 fully saturated rings. The van der Waals surface area contributed by atoms with Gasteiger partial charge in [-0.25, -0.2) is 4.79 Å². The molecule has 1 N–H and O–H groups in total. The van der Waals surface area contributed by atoms with Crippen molar-refractivity contribution in [3.8, 4) is 0 Å². The molecule has 1 aromatic rings. The number of nitrogens with zero attached hydrogens (tertiary/aromatic N) is 4. The number of carbonyl (C=O) groups is 2. The maximum atomic E-state index is 12.0. The lowest BCUT2D eigenvalue weighted by atomic mass is 9.87. The molecule has 3 heterocycles. The van der Waals surface area contributed by atoms with Gasteiger partial charge in [-0.3, -0.25) is 14.4 Å². The van der Waals surface area contributed by atoms with Crippen molar-refractivity contribution < 1.29 is 14.7 Å². The summed E-state index contributed by atoms with van der Waals surface area (Å²) in [5, 5.41) is 14.0. The van der Waals surface area contributed by atoms with Gasteiger partial charge >= 0.3 is 6.09 Å². The number of aromatic nitrogens is 2. The molecule has 0 bridgehead atoms. The van der Waals surface area contributed by atoms with Crippen LogP contribution < -0.4 is 4.90 Å². The molecule has 23 heavy (non-hydrogen) atoms. The Hall–Kier alpha value is -2.05. The van der Waals surface area contributed by atoms with Gasteiger partial charge in [0.2, 0.25) is 5.91 Å². The number of hydrogen-bond acceptors (Lipinski definition) is 3. The molecule has 7 heteroatoms. The van der Waals surface area contributed by atoms with Crippen LogP contribution in [-0.2, 0) is 17.9 Å². The molecule has 0 spiro atoms. The summed E-state index contributed by atoms with van der Waals surface area (Å²) in [6.45, 7) is 7.85. The van der Waals surface area contributed by atoms with Crippen LogP contribution in [0.2, 0.25) is 0 Å². The van der Waals surface area contributed by atoms with E-state index in [9.17, 15) is 14.7 Å². The van der Waals surface area contributed by atoms with Gasteiger partial charge in [0, 0.05) is 13.0 Å². The number of fused-ring (bicyclic) bond motifs is 1. The second-order valence-electron chi connectivity index (χ2n) is 7.64. The van der Waals surface area contributed by atoms with E-state index >= 15 is 0 Å². The molecule has 0 radical (unpaired) electrons. The third-order valence-electron chi connectivity index (χ3n) is 4.53. The minimum absolute atomic E-state index is 0.0385. The second-order valence-corrected chi connectivity index (χ2v) is 7.64. The molecule has 0 aromatic carbocycles. The van der Waals surface area contributed by atoms with Crippen molar-refractivity contribution in [2.24, 2.45) is 5.41 Å². The number of carboxylic acid groups (broad SMARTS) is 1. The Morgan fingerprint density at radius 1 is 1.43 bits per heavy atom. The molecule has 0 unspecified atom stereocenters. The zero-order valence-corrected chi connectivity index (χ0v) is 13.9. The van der Waals surface area contributed by atoms with E-state index in [2.05, 4.69) is 25.9 Å². The van der Waals surface area contributed by atoms with Gasteiger partial charge in [0.15, 0.2) is 0 Å². The molecule has 126 valence electrons. The Kier molecular flexibility index (Phi) is 3.82. The summed E-state index contributed by atoms with van der Waals surface area (Å²) in [7, 11) is 0. The standard InChI is InChI=1S/C16H24N4O3/c1-16(2,3)7-11-9-20-13(10-19(11)15(22)23)12(8-17-20)18-6-4-5-14(18)21/h8,11H,4-7,9-10H2,1-3H3,(H,22,23)/t11-/m0/s1. The molecule has 1 aromatic heterocycles. The van der Waals surface area contributed by atoms with Gasteiger partial charge < -0.3 is 10.0 Å². The lowest BCUT2D eigenvalue weighted by Gasteiger charge is -2.38. The third-order valence-corrected chi connectivity index (χ3v) is 4.53. The van der Waals surface area contributed by atoms with E-state index < -0.39 is 6.09 Å². The molecule has 7 nitrogen and oxygen atoms in total. The molecule has 3 rings (SSSR count). The summed E-state index contributed by atoms with van der Waals surface area (Å²) >= 11 is 0. The highest BCUT2D eigenvalue weighted by Gasteiger charge is 2.36. The summed E-state index contributed by atoms with van der Waals surface area (Å²) < 4.78 is 1.87. The first-order valence-corrected chi connectivity index (χ1v) is 8.11. The fourth-order valence-corrected chi connectivity index (χ4v) is 3.54. The zero-order chi connectivity index (χ0) is 16.8. The van der Waals surface area contributed by atoms with E-state index in [1.807, 2.05) is 4.68 Å². The Morgan fingerprint density at radius 3 is 2.74 bits per heavy atom. The van der Waals surface area contributed by atoms with Crippen molar-refractivity contribution >= 4 is 17.7 Å². The van der Waals surface area contributed by atoms with Crippen molar-refractivity contribution in [3.63, 3.8) is 0 Å². The predicted molar refractivity (Wildman–Crippen MR) is 85.2 cm³/mol. The maximum Gasteiger partial charge on any atom is 0.407 e. The molecule has 1 saturated heterocycles. The number of anilines is 1. The lowest BCUT2D eigenvalue weighted by Crippen LogP contribution is -2.47. The summed E-state index contributed by atoms with van der Waals surface area (Å²) in [6, 6.07) is -0.0953. The topological polar surface area (TPSA) is 78.7 Å². The molecular formula is C16H24N4O3. The normalized spacial score (nSPS) is 21.7. The first-order valence-electron chi connectivity index (χ1n) is 8.11. The van der Waals surface area contributed by atoms with Crippen LogP contribution >= 0.6 is 0 Å². The van der Waals surface area contributed by atoms with Crippen molar-refractivity contribution in [3.05, 3.63) is 11.9 Å². The third kappa shape index (κ3) is 3.04. The minimum atomic E-state index is -0.912. The molecule has 2 amide bonds. The van der Waals surface area contributed by atoms with Crippen molar-refractivity contribution in [2.45, 2.75) is 59.2 Å². The van der Waals surface area contributed by atoms with E-state index in [1.54, 1.807) is 11.1 Å². The van der Waals surface area contributed by atoms with Crippen LogP contribution in [0.4, 0.5) is 10.5 Å². The Bertz CT molecular complexity index is 632. The van der Waals surface area contributed by atoms with Gasteiger partial charge in [0.1, 0.15) is 0 Å². The van der Waals surface area contributed by atoms with E-state index in [-0.39, 0.29) is 23.9 Å². The summed E-state index contributed by atoms with van der Waals surface area (Å²) in [4.78, 5) is 26.9. The average molecular weight is 320 g/mol. The number of hydrogen-bond donors (Lipinski definition) is 1. The molecule has 2 aliphatic rings. The molecular weight excluding hydrogens is 296 g/mol. The van der Waals surface area contributed by atoms with E-state index in [0.717, 1.165) is 24.2 Å². The van der Waals surface area contributed by atoms with Gasteiger partial charge in [0.05, 0.1) is 36.7 Å². The van der Waals surface area contributed by atoms with E-state index in [1.165, 1.54) is 4.90 Å². The predicted octanol–water partition coefficient (Wildman–Crippen LogP) is 2.31. The van der Waals surface area contributed by atoms with Gasteiger partial charge in [-0.05, 0) is 18.3 Å². The molecule has 0 saturated carbocycles. The van der Waals surface area contributed by atoms with Crippen LogP contribution in [0.5, 0.6) is 0 Å². The Balaban J connectivity index is 1.90. The fraction of sp³-hybridized carbons (Fsp3) is 0.688. The van der Waals surface area contributed by atoms with Crippen molar-refractivity contribution in [1.82, 2.24) is 14.7 Å². The largest absolute Gasteiger partial charge is 0.465 e. The minimum Gasteiger partial charge on any atom is -0.465 e. The van der Waals surface area contributed by atoms with Crippen LogP contribution in [0.25, 0.3) is 0 Å². The smallest absolute Gasteiger partial charge is 0.407 e. The highest BCUT2D eigenvalue weighted by atomic mass is 16.4. The van der Waals surface area contributed by atoms with Crippen LogP contribution in [0.15, 0.2) is 6.20 Å². The molecule has 1 atom stereocenters. The van der Waals surface area contributed by atoms with E-state index in [0.29, 0.717) is 19.5 Å². The van der Waals surface area contributed by atoms with Crippen molar-refractivity contribution in [2.75, 3.05) is 11.4 Å². The van der Waals surface area contributed by atoms with Gasteiger partial charge in [-0.2, -0.15) is 5.10 Å². The molecule has 0 aliphatic carbocycles. The summed E-state index contributed by atoms with van der Waals surface area (Å²) in [5.41, 5.74) is 1.64. The quantitative estimate of drug-likeness (QED) is 0.907. The van der Waals surface area contributed by atoms with Gasteiger partial charge in [-0.15, -0.1) is 0 Å². The van der Waals surface area contributed by atoms with Gasteiger partial charge in [0.25, 0.3) is 0 Å². The number of amides is 2. The van der Waals surface area contributed by atoms with Crippen LogP contribution in [0.3, 0.4) is 0 Å². The van der Waals surface area contributed by atoms with Crippen LogP contribution in [-0.4, -0.2) is 44.4 Å². The number of carbonyl (C=O) groups excluding carboxylic acids is 1. The summed E-state index contributed by atoms with van der Waals surface area (Å²) in [6.07, 6.45) is 2.97. The lowest BCUT2D eigenvalue weighted by molar-refractivity contribution is -0.117. The Labute approximate surface area is 135 Å². The number of rotatable bonds is 2. The first kappa shape index (κ1) is 15.8. The first-order chi connectivity index (χ1) is 10.8.